The minimum absolute atomic E-state index is 0.609. The van der Waals surface area contributed by atoms with Gasteiger partial charge in [-0.15, -0.1) is 11.3 Å². The number of anilines is 1. The number of fused-ring (bicyclic) bond motifs is 1. The Morgan fingerprint density at radius 3 is 2.81 bits per heavy atom. The van der Waals surface area contributed by atoms with E-state index in [9.17, 15) is 0 Å². The van der Waals surface area contributed by atoms with Crippen molar-refractivity contribution >= 4 is 27.2 Å². The molecule has 1 aromatic carbocycles. The van der Waals surface area contributed by atoms with E-state index < -0.39 is 0 Å². The number of ether oxygens (including phenoxy) is 1. The fraction of sp³-hybridized carbons (Fsp3) is 0.250. The second-order valence-corrected chi connectivity index (χ2v) is 5.48. The second kappa shape index (κ2) is 6.10. The zero-order chi connectivity index (χ0) is 14.7. The summed E-state index contributed by atoms with van der Waals surface area (Å²) in [5, 5.41) is 2.95. The van der Waals surface area contributed by atoms with E-state index in [2.05, 4.69) is 34.8 Å². The van der Waals surface area contributed by atoms with E-state index in [0.717, 1.165) is 34.7 Å². The first kappa shape index (κ1) is 13.8. The molecule has 0 fully saturated rings. The van der Waals surface area contributed by atoms with Crippen molar-refractivity contribution in [2.75, 3.05) is 18.0 Å². The molecule has 0 N–H and O–H groups in total. The Morgan fingerprint density at radius 1 is 1.14 bits per heavy atom. The van der Waals surface area contributed by atoms with Gasteiger partial charge >= 0.3 is 0 Å². The van der Waals surface area contributed by atoms with Gasteiger partial charge in [0.2, 0.25) is 5.88 Å². The van der Waals surface area contributed by atoms with Crippen molar-refractivity contribution in [2.45, 2.75) is 13.8 Å². The van der Waals surface area contributed by atoms with Crippen molar-refractivity contribution < 1.29 is 4.74 Å². The lowest BCUT2D eigenvalue weighted by Gasteiger charge is -2.21. The molecule has 0 saturated carbocycles. The van der Waals surface area contributed by atoms with Gasteiger partial charge in [-0.2, -0.15) is 0 Å². The van der Waals surface area contributed by atoms with Crippen molar-refractivity contribution in [3.05, 3.63) is 42.0 Å². The van der Waals surface area contributed by atoms with Crippen LogP contribution in [-0.2, 0) is 0 Å². The summed E-state index contributed by atoms with van der Waals surface area (Å²) < 4.78 is 5.96. The number of hydrogen-bond acceptors (Lipinski definition) is 5. The molecule has 3 aromatic rings. The van der Waals surface area contributed by atoms with Crippen LogP contribution in [0.5, 0.6) is 11.6 Å². The average Bonchev–Trinajstić information content (AvgIpc) is 2.99. The molecule has 0 atom stereocenters. The van der Waals surface area contributed by atoms with Crippen molar-refractivity contribution in [3.8, 4) is 11.6 Å². The summed E-state index contributed by atoms with van der Waals surface area (Å²) in [4.78, 5) is 11.7. The fourth-order valence-electron chi connectivity index (χ4n) is 2.29. The summed E-state index contributed by atoms with van der Waals surface area (Å²) in [6, 6.07) is 10.1. The molecule has 0 radical (unpaired) electrons. The van der Waals surface area contributed by atoms with Crippen LogP contribution >= 0.6 is 11.3 Å². The van der Waals surface area contributed by atoms with Gasteiger partial charge in [-0.3, -0.25) is 0 Å². The van der Waals surface area contributed by atoms with Gasteiger partial charge in [-0.05, 0) is 37.4 Å². The smallest absolute Gasteiger partial charge is 0.231 e. The molecule has 0 amide bonds. The minimum Gasteiger partial charge on any atom is -0.438 e. The number of nitrogens with zero attached hydrogens (tertiary/aromatic N) is 3. The highest BCUT2D eigenvalue weighted by Crippen LogP contribution is 2.30. The fourth-order valence-corrected chi connectivity index (χ4v) is 3.02. The summed E-state index contributed by atoms with van der Waals surface area (Å²) in [6.45, 7) is 6.25. The highest BCUT2D eigenvalue weighted by molar-refractivity contribution is 7.16. The van der Waals surface area contributed by atoms with Crippen LogP contribution in [0.1, 0.15) is 13.8 Å². The Hall–Kier alpha value is -2.14. The molecule has 21 heavy (non-hydrogen) atoms. The third-order valence-electron chi connectivity index (χ3n) is 3.39. The third kappa shape index (κ3) is 2.83. The summed E-state index contributed by atoms with van der Waals surface area (Å²) in [7, 11) is 0. The number of hydrogen-bond donors (Lipinski definition) is 0. The van der Waals surface area contributed by atoms with E-state index in [4.69, 9.17) is 4.74 Å². The number of thiophene rings is 1. The molecule has 0 bridgehead atoms. The lowest BCUT2D eigenvalue weighted by atomic mass is 10.2. The van der Waals surface area contributed by atoms with Crippen LogP contribution in [0, 0.1) is 0 Å². The first-order valence-corrected chi connectivity index (χ1v) is 7.90. The summed E-state index contributed by atoms with van der Waals surface area (Å²) in [5.41, 5.74) is 1.16. The van der Waals surface area contributed by atoms with Crippen molar-refractivity contribution in [1.82, 2.24) is 9.97 Å². The van der Waals surface area contributed by atoms with Crippen molar-refractivity contribution in [2.24, 2.45) is 0 Å². The van der Waals surface area contributed by atoms with E-state index in [1.54, 1.807) is 17.7 Å². The van der Waals surface area contributed by atoms with Crippen LogP contribution in [0.25, 0.3) is 10.2 Å². The van der Waals surface area contributed by atoms with Crippen LogP contribution < -0.4 is 9.64 Å². The number of aromatic nitrogens is 2. The van der Waals surface area contributed by atoms with E-state index >= 15 is 0 Å². The van der Waals surface area contributed by atoms with E-state index in [1.807, 2.05) is 29.6 Å². The zero-order valence-electron chi connectivity index (χ0n) is 12.1. The molecule has 0 aliphatic carbocycles. The Bertz CT molecular complexity index is 737. The van der Waals surface area contributed by atoms with Crippen LogP contribution in [0.2, 0.25) is 0 Å². The maximum absolute atomic E-state index is 5.96. The Labute approximate surface area is 128 Å². The Kier molecular flexibility index (Phi) is 4.01. The predicted molar refractivity (Wildman–Crippen MR) is 87.5 cm³/mol. The van der Waals surface area contributed by atoms with E-state index in [0.29, 0.717) is 5.88 Å². The lowest BCUT2D eigenvalue weighted by molar-refractivity contribution is 0.468. The summed E-state index contributed by atoms with van der Waals surface area (Å²) in [5.74, 6) is 1.41. The monoisotopic (exact) mass is 299 g/mol. The van der Waals surface area contributed by atoms with Gasteiger partial charge in [0.1, 0.15) is 16.9 Å². The van der Waals surface area contributed by atoms with Gasteiger partial charge in [0.15, 0.2) is 0 Å². The Morgan fingerprint density at radius 2 is 2.00 bits per heavy atom. The first-order chi connectivity index (χ1) is 10.3. The summed E-state index contributed by atoms with van der Waals surface area (Å²) in [6.07, 6.45) is 1.54. The summed E-state index contributed by atoms with van der Waals surface area (Å²) >= 11 is 1.59. The molecule has 0 spiro atoms. The molecular formula is C16H17N3OS. The molecule has 0 saturated heterocycles. The normalized spacial score (nSPS) is 10.8. The molecule has 4 nitrogen and oxygen atoms in total. The van der Waals surface area contributed by atoms with Gasteiger partial charge in [0.05, 0.1) is 5.39 Å². The van der Waals surface area contributed by atoms with E-state index in [-0.39, 0.29) is 0 Å². The molecular weight excluding hydrogens is 282 g/mol. The third-order valence-corrected chi connectivity index (χ3v) is 4.21. The van der Waals surface area contributed by atoms with E-state index in [1.165, 1.54) is 0 Å². The molecule has 2 heterocycles. The molecule has 0 aliphatic rings. The predicted octanol–water partition coefficient (Wildman–Crippen LogP) is 4.33. The highest BCUT2D eigenvalue weighted by Gasteiger charge is 2.08. The van der Waals surface area contributed by atoms with Gasteiger partial charge in [-0.25, -0.2) is 9.97 Å². The SMILES string of the molecule is CCN(CC)c1cccc(Oc2ncnc3sccc23)c1. The van der Waals surface area contributed by atoms with Gasteiger partial charge in [0, 0.05) is 24.8 Å². The van der Waals surface area contributed by atoms with Crippen molar-refractivity contribution in [3.63, 3.8) is 0 Å². The van der Waals surface area contributed by atoms with Gasteiger partial charge in [-0.1, -0.05) is 6.07 Å². The largest absolute Gasteiger partial charge is 0.438 e. The van der Waals surface area contributed by atoms with Crippen LogP contribution in [0.3, 0.4) is 0 Å². The number of rotatable bonds is 5. The molecule has 5 heteroatoms. The molecule has 108 valence electrons. The van der Waals surface area contributed by atoms with Crippen LogP contribution in [0.4, 0.5) is 5.69 Å². The van der Waals surface area contributed by atoms with Gasteiger partial charge < -0.3 is 9.64 Å². The topological polar surface area (TPSA) is 38.2 Å². The van der Waals surface area contributed by atoms with Crippen LogP contribution in [-0.4, -0.2) is 23.1 Å². The quantitative estimate of drug-likeness (QED) is 0.703. The van der Waals surface area contributed by atoms with Crippen LogP contribution in [0.15, 0.2) is 42.0 Å². The first-order valence-electron chi connectivity index (χ1n) is 7.03. The minimum atomic E-state index is 0.609. The second-order valence-electron chi connectivity index (χ2n) is 4.59. The zero-order valence-corrected chi connectivity index (χ0v) is 12.9. The lowest BCUT2D eigenvalue weighted by Crippen LogP contribution is -2.21. The number of benzene rings is 1. The highest BCUT2D eigenvalue weighted by atomic mass is 32.1. The molecule has 0 unspecified atom stereocenters. The van der Waals surface area contributed by atoms with Crippen molar-refractivity contribution in [1.29, 1.82) is 0 Å². The molecule has 3 rings (SSSR count). The average molecular weight is 299 g/mol. The molecule has 0 aliphatic heterocycles. The van der Waals surface area contributed by atoms with Gasteiger partial charge in [0.25, 0.3) is 0 Å². The molecule has 2 aromatic heterocycles. The Balaban J connectivity index is 1.91. The maximum Gasteiger partial charge on any atom is 0.231 e. The standard InChI is InChI=1S/C16H17N3OS/c1-3-19(4-2)12-6-5-7-13(10-12)20-15-14-8-9-21-16(14)18-11-17-15/h5-11H,3-4H2,1-2H3. The maximum atomic E-state index is 5.96.